The summed E-state index contributed by atoms with van der Waals surface area (Å²) in [5.41, 5.74) is 0.832. The SMILES string of the molecule is COCC(C)NC(=S)NCc1csc(=O)[nH]1. The highest BCUT2D eigenvalue weighted by atomic mass is 32.1. The molecule has 0 aliphatic carbocycles. The fourth-order valence-electron chi connectivity index (χ4n) is 1.14. The lowest BCUT2D eigenvalue weighted by Gasteiger charge is -2.15. The van der Waals surface area contributed by atoms with Crippen LogP contribution in [-0.2, 0) is 11.3 Å². The van der Waals surface area contributed by atoms with E-state index in [1.165, 1.54) is 0 Å². The smallest absolute Gasteiger partial charge is 0.304 e. The van der Waals surface area contributed by atoms with E-state index in [1.807, 2.05) is 6.92 Å². The molecule has 0 fully saturated rings. The number of thiazole rings is 1. The summed E-state index contributed by atoms with van der Waals surface area (Å²) in [5, 5.41) is 8.39. The van der Waals surface area contributed by atoms with Gasteiger partial charge in [-0.3, -0.25) is 4.79 Å². The van der Waals surface area contributed by atoms with Gasteiger partial charge in [0.05, 0.1) is 13.2 Å². The number of methoxy groups -OCH3 is 1. The Morgan fingerprint density at radius 3 is 3.06 bits per heavy atom. The molecule has 5 nitrogen and oxygen atoms in total. The Kier molecular flexibility index (Phi) is 5.44. The van der Waals surface area contributed by atoms with Crippen LogP contribution < -0.4 is 15.5 Å². The number of aromatic nitrogens is 1. The van der Waals surface area contributed by atoms with Crippen molar-refractivity contribution in [1.82, 2.24) is 15.6 Å². The molecule has 7 heteroatoms. The summed E-state index contributed by atoms with van der Waals surface area (Å²) in [6, 6.07) is 0.159. The van der Waals surface area contributed by atoms with E-state index in [1.54, 1.807) is 12.5 Å². The van der Waals surface area contributed by atoms with Crippen molar-refractivity contribution >= 4 is 28.7 Å². The second-order valence-corrected chi connectivity index (χ2v) is 4.61. The van der Waals surface area contributed by atoms with Gasteiger partial charge in [-0.25, -0.2) is 0 Å². The maximum absolute atomic E-state index is 10.9. The van der Waals surface area contributed by atoms with Gasteiger partial charge in [-0.2, -0.15) is 0 Å². The van der Waals surface area contributed by atoms with Gasteiger partial charge in [0.25, 0.3) is 0 Å². The van der Waals surface area contributed by atoms with E-state index in [-0.39, 0.29) is 10.9 Å². The van der Waals surface area contributed by atoms with Gasteiger partial charge in [-0.1, -0.05) is 11.3 Å². The number of hydrogen-bond acceptors (Lipinski definition) is 4. The average Bonchev–Trinajstić information content (AvgIpc) is 2.61. The molecule has 0 radical (unpaired) electrons. The topological polar surface area (TPSA) is 66.2 Å². The monoisotopic (exact) mass is 261 g/mol. The molecule has 0 bridgehead atoms. The van der Waals surface area contributed by atoms with Gasteiger partial charge in [0.15, 0.2) is 5.11 Å². The van der Waals surface area contributed by atoms with Crippen molar-refractivity contribution < 1.29 is 4.74 Å². The van der Waals surface area contributed by atoms with E-state index < -0.39 is 0 Å². The largest absolute Gasteiger partial charge is 0.383 e. The molecule has 0 saturated carbocycles. The minimum absolute atomic E-state index is 0.0524. The average molecular weight is 261 g/mol. The van der Waals surface area contributed by atoms with E-state index in [0.29, 0.717) is 18.3 Å². The molecular weight excluding hydrogens is 246 g/mol. The second-order valence-electron chi connectivity index (χ2n) is 3.36. The molecule has 1 aromatic rings. The minimum Gasteiger partial charge on any atom is -0.383 e. The lowest BCUT2D eigenvalue weighted by Crippen LogP contribution is -2.42. The van der Waals surface area contributed by atoms with Crippen LogP contribution in [0.4, 0.5) is 0 Å². The van der Waals surface area contributed by atoms with Crippen molar-refractivity contribution in [2.75, 3.05) is 13.7 Å². The van der Waals surface area contributed by atoms with Crippen LogP contribution >= 0.6 is 23.6 Å². The molecule has 1 unspecified atom stereocenters. The van der Waals surface area contributed by atoms with Crippen LogP contribution in [0.2, 0.25) is 0 Å². The van der Waals surface area contributed by atoms with Crippen molar-refractivity contribution in [1.29, 1.82) is 0 Å². The Labute approximate surface area is 103 Å². The predicted octanol–water partition coefficient (Wildman–Crippen LogP) is 0.435. The van der Waals surface area contributed by atoms with Gasteiger partial charge < -0.3 is 20.4 Å². The van der Waals surface area contributed by atoms with E-state index in [4.69, 9.17) is 17.0 Å². The number of rotatable bonds is 5. The Morgan fingerprint density at radius 1 is 1.75 bits per heavy atom. The zero-order valence-corrected chi connectivity index (χ0v) is 10.8. The third-order valence-corrected chi connectivity index (χ3v) is 2.79. The van der Waals surface area contributed by atoms with E-state index in [0.717, 1.165) is 17.0 Å². The Morgan fingerprint density at radius 2 is 2.50 bits per heavy atom. The van der Waals surface area contributed by atoms with Gasteiger partial charge in [0, 0.05) is 24.2 Å². The van der Waals surface area contributed by atoms with Crippen molar-refractivity contribution in [3.05, 3.63) is 20.7 Å². The lowest BCUT2D eigenvalue weighted by molar-refractivity contribution is 0.179. The number of thiocarbonyl (C=S) groups is 1. The second kappa shape index (κ2) is 6.62. The molecular formula is C9H15N3O2S2. The Hall–Kier alpha value is -0.920. The van der Waals surface area contributed by atoms with Crippen molar-refractivity contribution in [2.24, 2.45) is 0 Å². The number of nitrogens with one attached hydrogen (secondary N) is 3. The summed E-state index contributed by atoms with van der Waals surface area (Å²) in [5.74, 6) is 0. The molecule has 0 aliphatic rings. The third-order valence-electron chi connectivity index (χ3n) is 1.80. The molecule has 1 atom stereocenters. The van der Waals surface area contributed by atoms with Gasteiger partial charge in [0.1, 0.15) is 0 Å². The molecule has 3 N–H and O–H groups in total. The molecule has 0 aliphatic heterocycles. The molecule has 0 saturated heterocycles. The summed E-state index contributed by atoms with van der Waals surface area (Å²) in [4.78, 5) is 13.5. The highest BCUT2D eigenvalue weighted by Crippen LogP contribution is 1.94. The summed E-state index contributed by atoms with van der Waals surface area (Å²) < 4.78 is 4.97. The molecule has 1 aromatic heterocycles. The Balaban J connectivity index is 2.27. The van der Waals surface area contributed by atoms with E-state index in [9.17, 15) is 4.79 Å². The maximum Gasteiger partial charge on any atom is 0.304 e. The van der Waals surface area contributed by atoms with Crippen LogP contribution in [0.5, 0.6) is 0 Å². The van der Waals surface area contributed by atoms with Crippen molar-refractivity contribution in [2.45, 2.75) is 19.5 Å². The van der Waals surface area contributed by atoms with Crippen LogP contribution in [0.1, 0.15) is 12.6 Å². The van der Waals surface area contributed by atoms with E-state index >= 15 is 0 Å². The van der Waals surface area contributed by atoms with Crippen LogP contribution in [0, 0.1) is 0 Å². The highest BCUT2D eigenvalue weighted by molar-refractivity contribution is 7.80. The van der Waals surface area contributed by atoms with Crippen molar-refractivity contribution in [3.8, 4) is 0 Å². The van der Waals surface area contributed by atoms with Gasteiger partial charge >= 0.3 is 4.87 Å². The summed E-state index contributed by atoms with van der Waals surface area (Å²) >= 11 is 6.23. The number of ether oxygens (including phenoxy) is 1. The molecule has 16 heavy (non-hydrogen) atoms. The minimum atomic E-state index is -0.0524. The van der Waals surface area contributed by atoms with Crippen LogP contribution in [0.15, 0.2) is 10.2 Å². The van der Waals surface area contributed by atoms with Crippen molar-refractivity contribution in [3.63, 3.8) is 0 Å². The first kappa shape index (κ1) is 13.1. The molecule has 0 spiro atoms. The standard InChI is InChI=1S/C9H15N3O2S2/c1-6(4-14-2)11-8(15)10-3-7-5-16-9(13)12-7/h5-6H,3-4H2,1-2H3,(H,12,13)(H2,10,11,15). The zero-order chi connectivity index (χ0) is 12.0. The first-order valence-corrected chi connectivity index (χ1v) is 6.10. The Bertz CT molecular complexity index is 388. The van der Waals surface area contributed by atoms with Crippen LogP contribution in [0.25, 0.3) is 0 Å². The first-order valence-electron chi connectivity index (χ1n) is 4.82. The molecule has 1 rings (SSSR count). The zero-order valence-electron chi connectivity index (χ0n) is 9.20. The molecule has 0 aromatic carbocycles. The number of hydrogen-bond donors (Lipinski definition) is 3. The van der Waals surface area contributed by atoms with Gasteiger partial charge in [0.2, 0.25) is 0 Å². The fourth-order valence-corrected chi connectivity index (χ4v) is 2.00. The molecule has 1 heterocycles. The number of aromatic amines is 1. The lowest BCUT2D eigenvalue weighted by atomic mass is 10.4. The highest BCUT2D eigenvalue weighted by Gasteiger charge is 2.03. The normalized spacial score (nSPS) is 12.1. The third kappa shape index (κ3) is 4.73. The predicted molar refractivity (Wildman–Crippen MR) is 68.9 cm³/mol. The molecule has 0 amide bonds. The first-order chi connectivity index (χ1) is 7.61. The summed E-state index contributed by atoms with van der Waals surface area (Å²) in [6.07, 6.45) is 0. The van der Waals surface area contributed by atoms with Gasteiger partial charge in [-0.15, -0.1) is 0 Å². The quantitative estimate of drug-likeness (QED) is 0.671. The van der Waals surface area contributed by atoms with Gasteiger partial charge in [-0.05, 0) is 19.1 Å². The van der Waals surface area contributed by atoms with Crippen LogP contribution in [0.3, 0.4) is 0 Å². The van der Waals surface area contributed by atoms with Crippen LogP contribution in [-0.4, -0.2) is 29.9 Å². The number of H-pyrrole nitrogens is 1. The van der Waals surface area contributed by atoms with E-state index in [2.05, 4.69) is 15.6 Å². The summed E-state index contributed by atoms with van der Waals surface area (Å²) in [7, 11) is 1.64. The summed E-state index contributed by atoms with van der Waals surface area (Å²) in [6.45, 7) is 3.09. The fraction of sp³-hybridized carbons (Fsp3) is 0.556. The molecule has 90 valence electrons. The maximum atomic E-state index is 10.9.